The zero-order chi connectivity index (χ0) is 38.7. The van der Waals surface area contributed by atoms with Crippen molar-refractivity contribution in [2.45, 2.75) is 207 Å². The number of esters is 3. The molecule has 1 unspecified atom stereocenters. The second-order valence-corrected chi connectivity index (χ2v) is 14.3. The van der Waals surface area contributed by atoms with Gasteiger partial charge in [-0.3, -0.25) is 14.4 Å². The Morgan fingerprint density at radius 2 is 0.849 bits per heavy atom. The van der Waals surface area contributed by atoms with Crippen LogP contribution < -0.4 is 0 Å². The van der Waals surface area contributed by atoms with E-state index in [9.17, 15) is 14.4 Å². The summed E-state index contributed by atoms with van der Waals surface area (Å²) >= 11 is 0. The first-order chi connectivity index (χ1) is 26.0. The van der Waals surface area contributed by atoms with Crippen LogP contribution >= 0.6 is 0 Å². The molecule has 0 aromatic rings. The Labute approximate surface area is 326 Å². The Kier molecular flexibility index (Phi) is 39.6. The lowest BCUT2D eigenvalue weighted by Crippen LogP contribution is -2.30. The normalized spacial score (nSPS) is 12.6. The van der Waals surface area contributed by atoms with E-state index in [-0.39, 0.29) is 31.6 Å². The van der Waals surface area contributed by atoms with E-state index in [1.54, 1.807) is 6.08 Å². The number of allylic oxidation sites excluding steroid dienone is 9. The van der Waals surface area contributed by atoms with Crippen LogP contribution in [0.2, 0.25) is 0 Å². The maximum absolute atomic E-state index is 12.6. The van der Waals surface area contributed by atoms with Crippen molar-refractivity contribution in [1.82, 2.24) is 0 Å². The van der Waals surface area contributed by atoms with Crippen molar-refractivity contribution >= 4 is 17.9 Å². The summed E-state index contributed by atoms with van der Waals surface area (Å²) in [5, 5.41) is 0. The van der Waals surface area contributed by atoms with Crippen molar-refractivity contribution in [3.63, 3.8) is 0 Å². The predicted molar refractivity (Wildman–Crippen MR) is 224 cm³/mol. The van der Waals surface area contributed by atoms with Gasteiger partial charge in [-0.25, -0.2) is 0 Å². The first kappa shape index (κ1) is 50.1. The lowest BCUT2D eigenvalue weighted by Gasteiger charge is -2.18. The number of hydrogen-bond donors (Lipinski definition) is 0. The highest BCUT2D eigenvalue weighted by Crippen LogP contribution is 2.13. The molecule has 0 saturated carbocycles. The SMILES string of the molecule is CC/C=C\C/C=C\C/C=C\CC(=O)OCC(COC(=O)CCCCC/C=C\C=C/CCCCCCCCC)OC(=O)CCCCCCCCCCCC. The first-order valence-electron chi connectivity index (χ1n) is 21.8. The van der Waals surface area contributed by atoms with Crippen LogP contribution in [0.3, 0.4) is 0 Å². The molecule has 0 aromatic carbocycles. The molecule has 0 fully saturated rings. The summed E-state index contributed by atoms with van der Waals surface area (Å²) in [5.74, 6) is -1.07. The van der Waals surface area contributed by atoms with Crippen molar-refractivity contribution in [3.05, 3.63) is 60.8 Å². The number of carbonyl (C=O) groups excluding carboxylic acids is 3. The molecule has 0 amide bonds. The Morgan fingerprint density at radius 1 is 0.434 bits per heavy atom. The van der Waals surface area contributed by atoms with E-state index in [2.05, 4.69) is 69.4 Å². The van der Waals surface area contributed by atoms with E-state index < -0.39 is 12.1 Å². The molecule has 304 valence electrons. The van der Waals surface area contributed by atoms with Crippen molar-refractivity contribution < 1.29 is 28.6 Å². The summed E-state index contributed by atoms with van der Waals surface area (Å²) in [6.45, 7) is 6.36. The highest BCUT2D eigenvalue weighted by Gasteiger charge is 2.19. The van der Waals surface area contributed by atoms with Crippen LogP contribution in [0.1, 0.15) is 201 Å². The van der Waals surface area contributed by atoms with E-state index >= 15 is 0 Å². The van der Waals surface area contributed by atoms with E-state index in [4.69, 9.17) is 14.2 Å². The summed E-state index contributed by atoms with van der Waals surface area (Å²) in [6.07, 6.45) is 49.6. The molecular formula is C47H80O6. The predicted octanol–water partition coefficient (Wildman–Crippen LogP) is 13.7. The van der Waals surface area contributed by atoms with Crippen LogP contribution in [0.5, 0.6) is 0 Å². The van der Waals surface area contributed by atoms with Crippen LogP contribution in [-0.4, -0.2) is 37.2 Å². The van der Waals surface area contributed by atoms with Gasteiger partial charge >= 0.3 is 17.9 Å². The molecule has 0 rings (SSSR count). The number of ether oxygens (including phenoxy) is 3. The molecule has 0 heterocycles. The van der Waals surface area contributed by atoms with Gasteiger partial charge < -0.3 is 14.2 Å². The Morgan fingerprint density at radius 3 is 1.38 bits per heavy atom. The Bertz CT molecular complexity index is 991. The third-order valence-corrected chi connectivity index (χ3v) is 9.07. The van der Waals surface area contributed by atoms with Crippen molar-refractivity contribution in [3.8, 4) is 0 Å². The summed E-state index contributed by atoms with van der Waals surface area (Å²) in [4.78, 5) is 37.5. The maximum Gasteiger partial charge on any atom is 0.309 e. The molecule has 0 aliphatic heterocycles. The van der Waals surface area contributed by atoms with Gasteiger partial charge in [0.1, 0.15) is 13.2 Å². The molecule has 0 N–H and O–H groups in total. The summed E-state index contributed by atoms with van der Waals surface area (Å²) in [6, 6.07) is 0. The minimum atomic E-state index is -0.814. The van der Waals surface area contributed by atoms with Gasteiger partial charge in [0, 0.05) is 12.8 Å². The molecule has 0 aliphatic carbocycles. The van der Waals surface area contributed by atoms with Crippen LogP contribution in [-0.2, 0) is 28.6 Å². The fourth-order valence-corrected chi connectivity index (χ4v) is 5.79. The Balaban J connectivity index is 4.44. The van der Waals surface area contributed by atoms with Gasteiger partial charge in [-0.05, 0) is 57.8 Å². The molecule has 0 aliphatic rings. The lowest BCUT2D eigenvalue weighted by atomic mass is 10.1. The third-order valence-electron chi connectivity index (χ3n) is 9.07. The standard InChI is InChI=1S/C47H80O6/c1-4-7-10-13-16-19-21-22-23-24-25-26-29-31-34-37-40-46(49)52-43-44(42-51-45(48)39-36-33-30-27-18-15-12-9-6-3)53-47(50)41-38-35-32-28-20-17-14-11-8-5-2/h9,12,18,23-27,33,36,44H,4-8,10-11,13-17,19-22,28-32,34-35,37-43H2,1-3H3/b12-9-,24-23-,26-25-,27-18-,36-33-. The van der Waals surface area contributed by atoms with Gasteiger partial charge in [0.15, 0.2) is 6.10 Å². The quantitative estimate of drug-likeness (QED) is 0.0206. The molecular weight excluding hydrogens is 661 g/mol. The molecule has 1 atom stereocenters. The zero-order valence-corrected chi connectivity index (χ0v) is 34.5. The average molecular weight is 741 g/mol. The highest BCUT2D eigenvalue weighted by molar-refractivity contribution is 5.72. The van der Waals surface area contributed by atoms with Gasteiger partial charge in [0.05, 0.1) is 6.42 Å². The van der Waals surface area contributed by atoms with E-state index in [1.165, 1.54) is 89.9 Å². The highest BCUT2D eigenvalue weighted by atomic mass is 16.6. The van der Waals surface area contributed by atoms with Gasteiger partial charge in [-0.15, -0.1) is 0 Å². The van der Waals surface area contributed by atoms with E-state index in [0.29, 0.717) is 12.8 Å². The largest absolute Gasteiger partial charge is 0.462 e. The molecule has 6 nitrogen and oxygen atoms in total. The molecule has 0 radical (unpaired) electrons. The molecule has 0 spiro atoms. The van der Waals surface area contributed by atoms with Gasteiger partial charge in [0.25, 0.3) is 0 Å². The van der Waals surface area contributed by atoms with Gasteiger partial charge in [-0.2, -0.15) is 0 Å². The number of rotatable bonds is 38. The number of unbranched alkanes of at least 4 members (excludes halogenated alkanes) is 19. The smallest absolute Gasteiger partial charge is 0.309 e. The average Bonchev–Trinajstić information content (AvgIpc) is 3.15. The summed E-state index contributed by atoms with van der Waals surface area (Å²) in [5.41, 5.74) is 0. The van der Waals surface area contributed by atoms with Crippen LogP contribution in [0, 0.1) is 0 Å². The fourth-order valence-electron chi connectivity index (χ4n) is 5.79. The van der Waals surface area contributed by atoms with Gasteiger partial charge in [-0.1, -0.05) is 184 Å². The fraction of sp³-hybridized carbons (Fsp3) is 0.723. The van der Waals surface area contributed by atoms with Crippen molar-refractivity contribution in [2.24, 2.45) is 0 Å². The minimum Gasteiger partial charge on any atom is -0.462 e. The monoisotopic (exact) mass is 741 g/mol. The molecule has 0 aromatic heterocycles. The van der Waals surface area contributed by atoms with Crippen LogP contribution in [0.25, 0.3) is 0 Å². The summed E-state index contributed by atoms with van der Waals surface area (Å²) in [7, 11) is 0. The lowest BCUT2D eigenvalue weighted by molar-refractivity contribution is -0.166. The summed E-state index contributed by atoms with van der Waals surface area (Å²) < 4.78 is 16.5. The minimum absolute atomic E-state index is 0.114. The number of hydrogen-bond acceptors (Lipinski definition) is 6. The second-order valence-electron chi connectivity index (χ2n) is 14.3. The second kappa shape index (κ2) is 41.9. The van der Waals surface area contributed by atoms with Crippen LogP contribution in [0.4, 0.5) is 0 Å². The topological polar surface area (TPSA) is 78.9 Å². The maximum atomic E-state index is 12.6. The molecule has 6 heteroatoms. The van der Waals surface area contributed by atoms with Crippen LogP contribution in [0.15, 0.2) is 60.8 Å². The van der Waals surface area contributed by atoms with Crippen molar-refractivity contribution in [2.75, 3.05) is 13.2 Å². The van der Waals surface area contributed by atoms with Gasteiger partial charge in [0.2, 0.25) is 0 Å². The Hall–Kier alpha value is -2.89. The molecule has 0 saturated heterocycles. The number of carbonyl (C=O) groups is 3. The first-order valence-corrected chi connectivity index (χ1v) is 21.8. The molecule has 0 bridgehead atoms. The molecule has 53 heavy (non-hydrogen) atoms. The third kappa shape index (κ3) is 40.1. The zero-order valence-electron chi connectivity index (χ0n) is 34.5. The van der Waals surface area contributed by atoms with E-state index in [1.807, 2.05) is 6.08 Å². The van der Waals surface area contributed by atoms with Crippen molar-refractivity contribution in [1.29, 1.82) is 0 Å². The van der Waals surface area contributed by atoms with E-state index in [0.717, 1.165) is 70.6 Å².